The second kappa shape index (κ2) is 6.07. The Bertz CT molecular complexity index is 486. The van der Waals surface area contributed by atoms with Gasteiger partial charge in [-0.3, -0.25) is 9.48 Å². The van der Waals surface area contributed by atoms with E-state index in [9.17, 15) is 9.59 Å². The van der Waals surface area contributed by atoms with Crippen LogP contribution in [0.2, 0.25) is 0 Å². The van der Waals surface area contributed by atoms with Crippen LogP contribution in [0, 0.1) is 5.92 Å². The minimum atomic E-state index is -0.679. The predicted molar refractivity (Wildman–Crippen MR) is 75.1 cm³/mol. The number of hydrogen-bond donors (Lipinski definition) is 1. The number of carbonyl (C=O) groups excluding carboxylic acids is 2. The van der Waals surface area contributed by atoms with Gasteiger partial charge in [0.1, 0.15) is 11.6 Å². The highest BCUT2D eigenvalue weighted by Crippen LogP contribution is 2.13. The third-order valence-electron chi connectivity index (χ3n) is 2.58. The van der Waals surface area contributed by atoms with E-state index in [0.717, 1.165) is 0 Å². The molecule has 1 aromatic heterocycles. The molecule has 0 aliphatic heterocycles. The molecule has 1 N–H and O–H groups in total. The van der Waals surface area contributed by atoms with Crippen LogP contribution in [0.4, 0.5) is 0 Å². The average molecular weight is 281 g/mol. The third-order valence-corrected chi connectivity index (χ3v) is 2.58. The standard InChI is InChI=1S/C14H23N3O3/c1-9(2)11(13(19)20-14(3,4)5)16-12(18)10-7-15-17(6)8-10/h7-9,11H,1-6H3,(H,16,18)/t11-/m0/s1. The highest BCUT2D eigenvalue weighted by Gasteiger charge is 2.29. The lowest BCUT2D eigenvalue weighted by Gasteiger charge is -2.26. The van der Waals surface area contributed by atoms with Crippen molar-refractivity contribution in [1.82, 2.24) is 15.1 Å². The van der Waals surface area contributed by atoms with Crippen molar-refractivity contribution in [2.24, 2.45) is 13.0 Å². The van der Waals surface area contributed by atoms with Gasteiger partial charge < -0.3 is 10.1 Å². The molecule has 112 valence electrons. The molecule has 0 spiro atoms. The Kier molecular flexibility index (Phi) is 4.92. The van der Waals surface area contributed by atoms with Crippen LogP contribution in [0.3, 0.4) is 0 Å². The van der Waals surface area contributed by atoms with Crippen molar-refractivity contribution in [3.8, 4) is 0 Å². The number of esters is 1. The molecule has 20 heavy (non-hydrogen) atoms. The molecule has 0 aromatic carbocycles. The first-order valence-electron chi connectivity index (χ1n) is 6.62. The fourth-order valence-electron chi connectivity index (χ4n) is 1.63. The Morgan fingerprint density at radius 2 is 1.95 bits per heavy atom. The van der Waals surface area contributed by atoms with E-state index < -0.39 is 17.6 Å². The van der Waals surface area contributed by atoms with Crippen LogP contribution in [0.1, 0.15) is 45.0 Å². The zero-order valence-corrected chi connectivity index (χ0v) is 12.9. The second-order valence-corrected chi connectivity index (χ2v) is 6.13. The highest BCUT2D eigenvalue weighted by atomic mass is 16.6. The molecule has 1 heterocycles. The van der Waals surface area contributed by atoms with E-state index in [4.69, 9.17) is 4.74 Å². The molecule has 6 nitrogen and oxygen atoms in total. The van der Waals surface area contributed by atoms with Gasteiger partial charge in [0.2, 0.25) is 0 Å². The van der Waals surface area contributed by atoms with Crippen LogP contribution in [0.15, 0.2) is 12.4 Å². The number of rotatable bonds is 4. The number of amides is 1. The highest BCUT2D eigenvalue weighted by molar-refractivity contribution is 5.96. The number of carbonyl (C=O) groups is 2. The van der Waals surface area contributed by atoms with Crippen molar-refractivity contribution in [3.63, 3.8) is 0 Å². The van der Waals surface area contributed by atoms with Gasteiger partial charge in [-0.2, -0.15) is 5.10 Å². The largest absolute Gasteiger partial charge is 0.458 e. The molecule has 0 fully saturated rings. The lowest BCUT2D eigenvalue weighted by Crippen LogP contribution is -2.47. The van der Waals surface area contributed by atoms with Crippen molar-refractivity contribution in [2.75, 3.05) is 0 Å². The summed E-state index contributed by atoms with van der Waals surface area (Å²) < 4.78 is 6.86. The summed E-state index contributed by atoms with van der Waals surface area (Å²) in [6.45, 7) is 9.11. The fourth-order valence-corrected chi connectivity index (χ4v) is 1.63. The molecule has 0 bridgehead atoms. The molecule has 1 aromatic rings. The van der Waals surface area contributed by atoms with E-state index >= 15 is 0 Å². The first-order chi connectivity index (χ1) is 9.10. The number of nitrogens with zero attached hydrogens (tertiary/aromatic N) is 2. The molecule has 0 saturated carbocycles. The maximum Gasteiger partial charge on any atom is 0.329 e. The molecule has 0 radical (unpaired) electrons. The van der Waals surface area contributed by atoms with Crippen LogP contribution >= 0.6 is 0 Å². The Balaban J connectivity index is 2.77. The summed E-state index contributed by atoms with van der Waals surface area (Å²) in [5, 5.41) is 6.64. The van der Waals surface area contributed by atoms with Gasteiger partial charge >= 0.3 is 5.97 Å². The molecule has 0 aliphatic rings. The normalized spacial score (nSPS) is 13.2. The first-order valence-corrected chi connectivity index (χ1v) is 6.62. The van der Waals surface area contributed by atoms with Crippen LogP contribution < -0.4 is 5.32 Å². The first kappa shape index (κ1) is 16.2. The molecule has 1 amide bonds. The predicted octanol–water partition coefficient (Wildman–Crippen LogP) is 1.52. The summed E-state index contributed by atoms with van der Waals surface area (Å²) in [5.41, 5.74) is -0.162. The fraction of sp³-hybridized carbons (Fsp3) is 0.643. The lowest BCUT2D eigenvalue weighted by molar-refractivity contribution is -0.158. The molecular weight excluding hydrogens is 258 g/mol. The van der Waals surface area contributed by atoms with Crippen LogP contribution in [0.5, 0.6) is 0 Å². The van der Waals surface area contributed by atoms with E-state index in [0.29, 0.717) is 5.56 Å². The summed E-state index contributed by atoms with van der Waals surface area (Å²) >= 11 is 0. The Labute approximate surface area is 119 Å². The maximum atomic E-state index is 12.1. The molecule has 1 atom stereocenters. The summed E-state index contributed by atoms with van der Waals surface area (Å²) in [6.07, 6.45) is 3.06. The minimum Gasteiger partial charge on any atom is -0.458 e. The molecule has 0 unspecified atom stereocenters. The number of aryl methyl sites for hydroxylation is 1. The molecule has 1 rings (SSSR count). The SMILES string of the molecule is CC(C)[C@H](NC(=O)c1cnn(C)c1)C(=O)OC(C)(C)C. The quantitative estimate of drug-likeness (QED) is 0.849. The monoisotopic (exact) mass is 281 g/mol. The van der Waals surface area contributed by atoms with Crippen molar-refractivity contribution in [3.05, 3.63) is 18.0 Å². The van der Waals surface area contributed by atoms with Gasteiger partial charge in [0, 0.05) is 13.2 Å². The average Bonchev–Trinajstić information content (AvgIpc) is 2.69. The van der Waals surface area contributed by atoms with Crippen molar-refractivity contribution in [1.29, 1.82) is 0 Å². The third kappa shape index (κ3) is 4.68. The summed E-state index contributed by atoms with van der Waals surface area (Å²) in [7, 11) is 1.73. The van der Waals surface area contributed by atoms with Gasteiger partial charge in [-0.1, -0.05) is 13.8 Å². The van der Waals surface area contributed by atoms with E-state index in [-0.39, 0.29) is 11.8 Å². The number of aromatic nitrogens is 2. The van der Waals surface area contributed by atoms with Gasteiger partial charge in [0.15, 0.2) is 0 Å². The zero-order chi connectivity index (χ0) is 15.5. The lowest BCUT2D eigenvalue weighted by atomic mass is 10.0. The number of ether oxygens (including phenoxy) is 1. The van der Waals surface area contributed by atoms with Gasteiger partial charge in [-0.25, -0.2) is 4.79 Å². The smallest absolute Gasteiger partial charge is 0.329 e. The van der Waals surface area contributed by atoms with E-state index in [2.05, 4.69) is 10.4 Å². The van der Waals surface area contributed by atoms with E-state index in [1.54, 1.807) is 34.0 Å². The number of nitrogens with one attached hydrogen (secondary N) is 1. The number of hydrogen-bond acceptors (Lipinski definition) is 4. The molecule has 6 heteroatoms. The summed E-state index contributed by atoms with van der Waals surface area (Å²) in [4.78, 5) is 24.2. The van der Waals surface area contributed by atoms with Gasteiger partial charge in [0.05, 0.1) is 11.8 Å². The van der Waals surface area contributed by atoms with Gasteiger partial charge in [0.25, 0.3) is 5.91 Å². The van der Waals surface area contributed by atoms with Crippen molar-refractivity contribution >= 4 is 11.9 Å². The van der Waals surface area contributed by atoms with Crippen LogP contribution in [-0.2, 0) is 16.6 Å². The molecule has 0 saturated heterocycles. The Morgan fingerprint density at radius 1 is 1.35 bits per heavy atom. The zero-order valence-electron chi connectivity index (χ0n) is 12.9. The second-order valence-electron chi connectivity index (χ2n) is 6.13. The van der Waals surface area contributed by atoms with E-state index in [1.807, 2.05) is 13.8 Å². The van der Waals surface area contributed by atoms with E-state index in [1.165, 1.54) is 10.9 Å². The molecule has 0 aliphatic carbocycles. The van der Waals surface area contributed by atoms with Crippen LogP contribution in [-0.4, -0.2) is 33.3 Å². The van der Waals surface area contributed by atoms with Gasteiger partial charge in [-0.05, 0) is 26.7 Å². The Morgan fingerprint density at radius 3 is 2.35 bits per heavy atom. The minimum absolute atomic E-state index is 0.0644. The van der Waals surface area contributed by atoms with Crippen LogP contribution in [0.25, 0.3) is 0 Å². The Hall–Kier alpha value is -1.85. The summed E-state index contributed by atoms with van der Waals surface area (Å²) in [5.74, 6) is -0.821. The summed E-state index contributed by atoms with van der Waals surface area (Å²) in [6, 6.07) is -0.679. The topological polar surface area (TPSA) is 73.2 Å². The van der Waals surface area contributed by atoms with Crippen molar-refractivity contribution < 1.29 is 14.3 Å². The van der Waals surface area contributed by atoms with Crippen molar-refractivity contribution in [2.45, 2.75) is 46.3 Å². The molecular formula is C14H23N3O3. The van der Waals surface area contributed by atoms with Gasteiger partial charge in [-0.15, -0.1) is 0 Å². The maximum absolute atomic E-state index is 12.1.